The first-order valence-electron chi connectivity index (χ1n) is 5.44. The van der Waals surface area contributed by atoms with E-state index in [-0.39, 0.29) is 11.2 Å². The summed E-state index contributed by atoms with van der Waals surface area (Å²) in [5.74, 6) is 2.31. The topological polar surface area (TPSA) is 43.1 Å². The first kappa shape index (κ1) is 12.0. The van der Waals surface area contributed by atoms with Crippen LogP contribution >= 0.6 is 23.1 Å². The van der Waals surface area contributed by atoms with Gasteiger partial charge in [-0.05, 0) is 17.7 Å². The molecule has 0 bridgehead atoms. The molecule has 0 aromatic carbocycles. The summed E-state index contributed by atoms with van der Waals surface area (Å²) in [6, 6.07) is 0. The maximum atomic E-state index is 12.3. The van der Waals surface area contributed by atoms with Gasteiger partial charge in [-0.25, -0.2) is 0 Å². The number of Topliss-reactive ketones (excluding diaryl/α,β-unsaturated/α-hetero) is 1. The Bertz CT molecular complexity index is 429. The number of rotatable bonds is 1. The van der Waals surface area contributed by atoms with Gasteiger partial charge in [0.25, 0.3) is 0 Å². The summed E-state index contributed by atoms with van der Waals surface area (Å²) >= 11 is 3.52. The predicted molar refractivity (Wildman–Crippen MR) is 72.4 cm³/mol. The van der Waals surface area contributed by atoms with E-state index < -0.39 is 0 Å². The number of hydrogen-bond donors (Lipinski definition) is 1. The van der Waals surface area contributed by atoms with Crippen LogP contribution in [-0.2, 0) is 12.2 Å². The van der Waals surface area contributed by atoms with E-state index in [1.54, 1.807) is 11.3 Å². The number of carbonyl (C=O) groups excluding carboxylic acids is 1. The van der Waals surface area contributed by atoms with E-state index in [2.05, 4.69) is 0 Å². The lowest BCUT2D eigenvalue weighted by Gasteiger charge is -2.19. The molecule has 0 saturated carbocycles. The van der Waals surface area contributed by atoms with Crippen LogP contribution in [0, 0.1) is 5.41 Å². The number of fused-ring (bicyclic) bond motifs is 1. The maximum absolute atomic E-state index is 12.3. The lowest BCUT2D eigenvalue weighted by Crippen LogP contribution is -2.22. The Labute approximate surface area is 105 Å². The minimum absolute atomic E-state index is 0.189. The molecule has 1 aliphatic rings. The highest BCUT2D eigenvalue weighted by Crippen LogP contribution is 2.40. The lowest BCUT2D eigenvalue weighted by atomic mass is 9.85. The summed E-state index contributed by atoms with van der Waals surface area (Å²) in [5, 5.41) is 0.715. The van der Waals surface area contributed by atoms with Gasteiger partial charge in [-0.1, -0.05) is 20.8 Å². The molecular formula is C12H17NOS2. The summed E-state index contributed by atoms with van der Waals surface area (Å²) in [6.07, 6.45) is 0.991. The standard InChI is InChI=1S/C12H17NOS2/c1-12(2,3)10(14)9-7-4-5-15-6-8(7)16-11(9)13/h4-6,13H2,1-3H3. The number of hydrogen-bond acceptors (Lipinski definition) is 4. The van der Waals surface area contributed by atoms with Crippen LogP contribution in [0.5, 0.6) is 0 Å². The first-order valence-corrected chi connectivity index (χ1v) is 7.41. The Kier molecular flexibility index (Phi) is 3.05. The minimum Gasteiger partial charge on any atom is -0.390 e. The number of anilines is 1. The Morgan fingerprint density at radius 1 is 1.38 bits per heavy atom. The summed E-state index contributed by atoms with van der Waals surface area (Å²) < 4.78 is 0. The average molecular weight is 255 g/mol. The summed E-state index contributed by atoms with van der Waals surface area (Å²) in [4.78, 5) is 13.6. The summed E-state index contributed by atoms with van der Waals surface area (Å²) in [7, 11) is 0. The maximum Gasteiger partial charge on any atom is 0.171 e. The molecular weight excluding hydrogens is 238 g/mol. The molecule has 0 spiro atoms. The molecule has 88 valence electrons. The summed E-state index contributed by atoms with van der Waals surface area (Å²) in [5.41, 5.74) is 7.70. The number of nitrogen functional groups attached to an aromatic ring is 1. The molecule has 1 aromatic rings. The molecule has 0 atom stereocenters. The second-order valence-corrected chi connectivity index (χ2v) is 7.37. The Hall–Kier alpha value is -0.480. The highest BCUT2D eigenvalue weighted by Gasteiger charge is 2.30. The smallest absolute Gasteiger partial charge is 0.171 e. The zero-order valence-corrected chi connectivity index (χ0v) is 11.6. The van der Waals surface area contributed by atoms with E-state index in [9.17, 15) is 4.79 Å². The predicted octanol–water partition coefficient (Wildman–Crippen LogP) is 3.35. The van der Waals surface area contributed by atoms with Crippen LogP contribution < -0.4 is 5.73 Å². The zero-order chi connectivity index (χ0) is 11.9. The van der Waals surface area contributed by atoms with Crippen LogP contribution in [0.15, 0.2) is 0 Å². The van der Waals surface area contributed by atoms with Gasteiger partial charge in [0.1, 0.15) is 0 Å². The van der Waals surface area contributed by atoms with E-state index in [0.29, 0.717) is 5.00 Å². The molecule has 2 heterocycles. The highest BCUT2D eigenvalue weighted by molar-refractivity contribution is 7.98. The van der Waals surface area contributed by atoms with E-state index >= 15 is 0 Å². The van der Waals surface area contributed by atoms with Crippen molar-refractivity contribution in [2.24, 2.45) is 5.41 Å². The van der Waals surface area contributed by atoms with E-state index in [0.717, 1.165) is 23.5 Å². The van der Waals surface area contributed by atoms with Gasteiger partial charge in [-0.3, -0.25) is 4.79 Å². The molecule has 0 radical (unpaired) electrons. The Morgan fingerprint density at radius 2 is 2.06 bits per heavy atom. The second kappa shape index (κ2) is 4.08. The average Bonchev–Trinajstić information content (AvgIpc) is 2.51. The Balaban J connectivity index is 2.48. The van der Waals surface area contributed by atoms with Crippen LogP contribution in [-0.4, -0.2) is 11.5 Å². The number of carbonyl (C=O) groups is 1. The largest absolute Gasteiger partial charge is 0.390 e. The quantitative estimate of drug-likeness (QED) is 0.783. The molecule has 2 rings (SSSR count). The number of thiophene rings is 1. The van der Waals surface area contributed by atoms with Crippen molar-refractivity contribution < 1.29 is 4.79 Å². The first-order chi connectivity index (χ1) is 7.41. The molecule has 1 aromatic heterocycles. The third-order valence-electron chi connectivity index (χ3n) is 2.76. The molecule has 1 aliphatic heterocycles. The second-order valence-electron chi connectivity index (χ2n) is 5.12. The van der Waals surface area contributed by atoms with E-state index in [1.807, 2.05) is 32.5 Å². The lowest BCUT2D eigenvalue weighted by molar-refractivity contribution is 0.0858. The monoisotopic (exact) mass is 255 g/mol. The van der Waals surface area contributed by atoms with Crippen molar-refractivity contribution in [2.45, 2.75) is 32.9 Å². The van der Waals surface area contributed by atoms with E-state index in [1.165, 1.54) is 10.4 Å². The van der Waals surface area contributed by atoms with Crippen LogP contribution in [0.4, 0.5) is 5.00 Å². The third kappa shape index (κ3) is 2.00. The number of ketones is 1. The highest BCUT2D eigenvalue weighted by atomic mass is 32.2. The van der Waals surface area contributed by atoms with Gasteiger partial charge in [-0.2, -0.15) is 11.8 Å². The van der Waals surface area contributed by atoms with Gasteiger partial charge in [0.2, 0.25) is 0 Å². The van der Waals surface area contributed by atoms with Crippen molar-refractivity contribution in [3.05, 3.63) is 16.0 Å². The normalized spacial score (nSPS) is 15.9. The molecule has 16 heavy (non-hydrogen) atoms. The van der Waals surface area contributed by atoms with Crippen molar-refractivity contribution in [1.82, 2.24) is 0 Å². The van der Waals surface area contributed by atoms with Gasteiger partial charge < -0.3 is 5.73 Å². The SMILES string of the molecule is CC(C)(C)C(=O)c1c(N)sc2c1CCSC2. The third-order valence-corrected chi connectivity index (χ3v) is 4.99. The van der Waals surface area contributed by atoms with Crippen molar-refractivity contribution in [3.63, 3.8) is 0 Å². The van der Waals surface area contributed by atoms with Gasteiger partial charge in [0, 0.05) is 16.0 Å². The van der Waals surface area contributed by atoms with Gasteiger partial charge in [0.15, 0.2) is 5.78 Å². The molecule has 0 aliphatic carbocycles. The minimum atomic E-state index is -0.340. The molecule has 0 unspecified atom stereocenters. The fraction of sp³-hybridized carbons (Fsp3) is 0.583. The molecule has 2 nitrogen and oxygen atoms in total. The van der Waals surface area contributed by atoms with Gasteiger partial charge in [0.05, 0.1) is 10.6 Å². The van der Waals surface area contributed by atoms with Gasteiger partial charge in [-0.15, -0.1) is 11.3 Å². The summed E-state index contributed by atoms with van der Waals surface area (Å²) in [6.45, 7) is 5.86. The molecule has 0 fully saturated rings. The van der Waals surface area contributed by atoms with Crippen molar-refractivity contribution in [2.75, 3.05) is 11.5 Å². The van der Waals surface area contributed by atoms with Crippen molar-refractivity contribution >= 4 is 33.9 Å². The van der Waals surface area contributed by atoms with Crippen LogP contribution in [0.1, 0.15) is 41.6 Å². The fourth-order valence-corrected chi connectivity index (χ4v) is 4.13. The van der Waals surface area contributed by atoms with Crippen LogP contribution in [0.2, 0.25) is 0 Å². The molecule has 0 saturated heterocycles. The van der Waals surface area contributed by atoms with Crippen LogP contribution in [0.25, 0.3) is 0 Å². The Morgan fingerprint density at radius 3 is 2.69 bits per heavy atom. The molecule has 4 heteroatoms. The van der Waals surface area contributed by atoms with Crippen molar-refractivity contribution in [3.8, 4) is 0 Å². The van der Waals surface area contributed by atoms with E-state index in [4.69, 9.17) is 5.73 Å². The van der Waals surface area contributed by atoms with Crippen molar-refractivity contribution in [1.29, 1.82) is 0 Å². The number of thioether (sulfide) groups is 1. The zero-order valence-electron chi connectivity index (χ0n) is 9.92. The van der Waals surface area contributed by atoms with Gasteiger partial charge >= 0.3 is 0 Å². The molecule has 2 N–H and O–H groups in total. The number of nitrogens with two attached hydrogens (primary N) is 1. The fourth-order valence-electron chi connectivity index (χ4n) is 1.88. The molecule has 0 amide bonds. The van der Waals surface area contributed by atoms with Crippen LogP contribution in [0.3, 0.4) is 0 Å².